The van der Waals surface area contributed by atoms with E-state index >= 15 is 0 Å². The van der Waals surface area contributed by atoms with Crippen molar-refractivity contribution < 1.29 is 13.2 Å². The first-order valence-electron chi connectivity index (χ1n) is 9.59. The predicted molar refractivity (Wildman–Crippen MR) is 110 cm³/mol. The lowest BCUT2D eigenvalue weighted by atomic mass is 10.1. The first-order chi connectivity index (χ1) is 13.4. The van der Waals surface area contributed by atoms with Crippen LogP contribution in [0, 0.1) is 6.92 Å². The Hall–Kier alpha value is -1.74. The van der Waals surface area contributed by atoms with Crippen LogP contribution in [-0.4, -0.2) is 56.3 Å². The van der Waals surface area contributed by atoms with Crippen molar-refractivity contribution in [1.82, 2.24) is 14.5 Å². The number of rotatable bonds is 6. The Bertz CT molecular complexity index is 945. The summed E-state index contributed by atoms with van der Waals surface area (Å²) in [5, 5.41) is 2.08. The molecule has 1 aromatic heterocycles. The number of hydrogen-bond donors (Lipinski definition) is 1. The van der Waals surface area contributed by atoms with E-state index in [1.54, 1.807) is 23.5 Å². The molecular formula is C20H25N3O3S2. The summed E-state index contributed by atoms with van der Waals surface area (Å²) in [7, 11) is -3.57. The Kier molecular flexibility index (Phi) is 5.55. The summed E-state index contributed by atoms with van der Waals surface area (Å²) < 4.78 is 27.7. The number of benzene rings is 1. The van der Waals surface area contributed by atoms with Gasteiger partial charge in [-0.15, -0.1) is 11.3 Å². The van der Waals surface area contributed by atoms with Gasteiger partial charge in [0.15, 0.2) is 0 Å². The van der Waals surface area contributed by atoms with Gasteiger partial charge in [-0.25, -0.2) is 13.1 Å². The van der Waals surface area contributed by atoms with Gasteiger partial charge in [0.25, 0.3) is 5.91 Å². The Morgan fingerprint density at radius 1 is 1.18 bits per heavy atom. The highest BCUT2D eigenvalue weighted by Crippen LogP contribution is 2.24. The molecule has 150 valence electrons. The number of amides is 1. The SMILES string of the molecule is Cc1ccc(S(=O)(=O)NC2CC2)cc1C(=O)N1CCN(Cc2cccs2)CC1. The largest absolute Gasteiger partial charge is 0.336 e. The number of hydrogen-bond acceptors (Lipinski definition) is 5. The smallest absolute Gasteiger partial charge is 0.254 e. The quantitative estimate of drug-likeness (QED) is 0.781. The molecule has 1 aliphatic heterocycles. The molecule has 0 spiro atoms. The van der Waals surface area contributed by atoms with Crippen molar-refractivity contribution in [1.29, 1.82) is 0 Å². The number of sulfonamides is 1. The van der Waals surface area contributed by atoms with Gasteiger partial charge in [-0.2, -0.15) is 0 Å². The van der Waals surface area contributed by atoms with Crippen LogP contribution in [0.5, 0.6) is 0 Å². The topological polar surface area (TPSA) is 69.7 Å². The molecule has 6 nitrogen and oxygen atoms in total. The van der Waals surface area contributed by atoms with Crippen LogP contribution in [0.2, 0.25) is 0 Å². The molecule has 1 saturated heterocycles. The van der Waals surface area contributed by atoms with Gasteiger partial charge in [-0.1, -0.05) is 12.1 Å². The molecule has 0 atom stereocenters. The zero-order valence-electron chi connectivity index (χ0n) is 15.9. The molecule has 0 unspecified atom stereocenters. The lowest BCUT2D eigenvalue weighted by Crippen LogP contribution is -2.48. The standard InChI is InChI=1S/C20H25N3O3S2/c1-15-4-7-18(28(25,26)21-16-5-6-16)13-19(15)20(24)23-10-8-22(9-11-23)14-17-3-2-12-27-17/h2-4,7,12-13,16,21H,5-6,8-11,14H2,1H3. The molecule has 2 aromatic rings. The van der Waals surface area contributed by atoms with Crippen LogP contribution < -0.4 is 4.72 Å². The molecule has 2 aliphatic rings. The Morgan fingerprint density at radius 3 is 2.57 bits per heavy atom. The Labute approximate surface area is 170 Å². The van der Waals surface area contributed by atoms with Crippen LogP contribution in [0.15, 0.2) is 40.6 Å². The Balaban J connectivity index is 1.43. The van der Waals surface area contributed by atoms with Crippen molar-refractivity contribution in [2.45, 2.75) is 37.2 Å². The molecule has 1 saturated carbocycles. The molecular weight excluding hydrogens is 394 g/mol. The van der Waals surface area contributed by atoms with E-state index in [9.17, 15) is 13.2 Å². The van der Waals surface area contributed by atoms with Crippen molar-refractivity contribution in [3.8, 4) is 0 Å². The minimum Gasteiger partial charge on any atom is -0.336 e. The van der Waals surface area contributed by atoms with Crippen molar-refractivity contribution >= 4 is 27.3 Å². The third-order valence-electron chi connectivity index (χ3n) is 5.27. The summed E-state index contributed by atoms with van der Waals surface area (Å²) in [6, 6.07) is 9.06. The van der Waals surface area contributed by atoms with Crippen LogP contribution in [-0.2, 0) is 16.6 Å². The average Bonchev–Trinajstić information content (AvgIpc) is 3.33. The molecule has 4 rings (SSSR count). The molecule has 1 amide bonds. The molecule has 0 radical (unpaired) electrons. The first kappa shape index (κ1) is 19.6. The van der Waals surface area contributed by atoms with Gasteiger partial charge in [0.2, 0.25) is 10.0 Å². The number of carbonyl (C=O) groups is 1. The van der Waals surface area contributed by atoms with Crippen molar-refractivity contribution in [3.05, 3.63) is 51.7 Å². The van der Waals surface area contributed by atoms with Gasteiger partial charge in [0, 0.05) is 49.2 Å². The van der Waals surface area contributed by atoms with E-state index in [1.165, 1.54) is 10.9 Å². The van der Waals surface area contributed by atoms with Gasteiger partial charge in [0.1, 0.15) is 0 Å². The van der Waals surface area contributed by atoms with Gasteiger partial charge in [-0.3, -0.25) is 9.69 Å². The van der Waals surface area contributed by atoms with Crippen molar-refractivity contribution in [2.24, 2.45) is 0 Å². The second kappa shape index (κ2) is 7.94. The number of thiophene rings is 1. The maximum absolute atomic E-state index is 13.1. The molecule has 2 heterocycles. The highest BCUT2D eigenvalue weighted by molar-refractivity contribution is 7.89. The minimum absolute atomic E-state index is 0.0434. The third kappa shape index (κ3) is 4.46. The fourth-order valence-corrected chi connectivity index (χ4v) is 5.47. The fraction of sp³-hybridized carbons (Fsp3) is 0.450. The maximum atomic E-state index is 13.1. The van der Waals surface area contributed by atoms with Gasteiger partial charge < -0.3 is 4.90 Å². The summed E-state index contributed by atoms with van der Waals surface area (Å²) in [5.41, 5.74) is 1.28. The summed E-state index contributed by atoms with van der Waals surface area (Å²) in [6.07, 6.45) is 1.76. The van der Waals surface area contributed by atoms with Crippen LogP contribution in [0.3, 0.4) is 0 Å². The predicted octanol–water partition coefficient (Wildman–Crippen LogP) is 2.46. The molecule has 0 bridgehead atoms. The van der Waals surface area contributed by atoms with Crippen molar-refractivity contribution in [2.75, 3.05) is 26.2 Å². The monoisotopic (exact) mass is 419 g/mol. The third-order valence-corrected chi connectivity index (χ3v) is 7.65. The van der Waals surface area contributed by atoms with Crippen LogP contribution in [0.25, 0.3) is 0 Å². The van der Waals surface area contributed by atoms with E-state index in [-0.39, 0.29) is 16.8 Å². The zero-order chi connectivity index (χ0) is 19.7. The molecule has 1 aliphatic carbocycles. The van der Waals surface area contributed by atoms with E-state index < -0.39 is 10.0 Å². The summed E-state index contributed by atoms with van der Waals surface area (Å²) in [6.45, 7) is 5.72. The first-order valence-corrected chi connectivity index (χ1v) is 12.0. The summed E-state index contributed by atoms with van der Waals surface area (Å²) in [4.78, 5) is 18.7. The van der Waals surface area contributed by atoms with Crippen LogP contribution in [0.1, 0.15) is 33.6 Å². The number of piperazine rings is 1. The normalized spacial score (nSPS) is 18.4. The number of carbonyl (C=O) groups excluding carboxylic acids is 1. The highest BCUT2D eigenvalue weighted by Gasteiger charge is 2.29. The van der Waals surface area contributed by atoms with E-state index in [4.69, 9.17) is 0 Å². The van der Waals surface area contributed by atoms with Gasteiger partial charge in [0.05, 0.1) is 4.90 Å². The van der Waals surface area contributed by atoms with E-state index in [2.05, 4.69) is 27.1 Å². The van der Waals surface area contributed by atoms with E-state index in [0.29, 0.717) is 18.7 Å². The fourth-order valence-electron chi connectivity index (χ4n) is 3.39. The van der Waals surface area contributed by atoms with Crippen LogP contribution in [0.4, 0.5) is 0 Å². The Morgan fingerprint density at radius 2 is 1.93 bits per heavy atom. The molecule has 2 fully saturated rings. The molecule has 8 heteroatoms. The lowest BCUT2D eigenvalue weighted by Gasteiger charge is -2.34. The summed E-state index contributed by atoms with van der Waals surface area (Å²) >= 11 is 1.75. The van der Waals surface area contributed by atoms with Gasteiger partial charge >= 0.3 is 0 Å². The summed E-state index contributed by atoms with van der Waals surface area (Å²) in [5.74, 6) is -0.0863. The number of nitrogens with zero attached hydrogens (tertiary/aromatic N) is 2. The maximum Gasteiger partial charge on any atom is 0.254 e. The van der Waals surface area contributed by atoms with Crippen molar-refractivity contribution in [3.63, 3.8) is 0 Å². The number of nitrogens with one attached hydrogen (secondary N) is 1. The second-order valence-corrected chi connectivity index (χ2v) is 10.3. The molecule has 1 aromatic carbocycles. The lowest BCUT2D eigenvalue weighted by molar-refractivity contribution is 0.0628. The van der Waals surface area contributed by atoms with E-state index in [1.807, 2.05) is 11.8 Å². The second-order valence-electron chi connectivity index (χ2n) is 7.52. The average molecular weight is 420 g/mol. The van der Waals surface area contributed by atoms with Gasteiger partial charge in [-0.05, 0) is 48.9 Å². The highest BCUT2D eigenvalue weighted by atomic mass is 32.2. The number of aryl methyl sites for hydroxylation is 1. The van der Waals surface area contributed by atoms with E-state index in [0.717, 1.165) is 38.0 Å². The molecule has 28 heavy (non-hydrogen) atoms. The minimum atomic E-state index is -3.57. The van der Waals surface area contributed by atoms with Crippen LogP contribution >= 0.6 is 11.3 Å². The molecule has 1 N–H and O–H groups in total. The zero-order valence-corrected chi connectivity index (χ0v) is 17.6.